The zero-order chi connectivity index (χ0) is 14.8. The van der Waals surface area contributed by atoms with Crippen LogP contribution in [0.1, 0.15) is 20.8 Å². The number of nitrogens with zero attached hydrogens (tertiary/aromatic N) is 1. The predicted octanol–water partition coefficient (Wildman–Crippen LogP) is 4.88. The van der Waals surface area contributed by atoms with Crippen LogP contribution < -0.4 is 10.1 Å². The summed E-state index contributed by atoms with van der Waals surface area (Å²) < 4.78 is 18.6. The maximum atomic E-state index is 13.1. The molecule has 0 unspecified atom stereocenters. The van der Waals surface area contributed by atoms with Crippen molar-refractivity contribution in [3.05, 3.63) is 47.2 Å². The Hall–Kier alpha value is -1.81. The number of rotatable bonds is 3. The largest absolute Gasteiger partial charge is 0.439 e. The van der Waals surface area contributed by atoms with Crippen LogP contribution in [-0.2, 0) is 0 Å². The van der Waals surface area contributed by atoms with Crippen molar-refractivity contribution in [2.45, 2.75) is 26.3 Å². The van der Waals surface area contributed by atoms with Crippen LogP contribution in [-0.4, -0.2) is 10.5 Å². The molecule has 2 aromatic rings. The van der Waals surface area contributed by atoms with E-state index in [0.717, 1.165) is 0 Å². The molecule has 0 amide bonds. The van der Waals surface area contributed by atoms with Crippen LogP contribution >= 0.6 is 11.6 Å². The van der Waals surface area contributed by atoms with Crippen molar-refractivity contribution in [3.63, 3.8) is 0 Å². The van der Waals surface area contributed by atoms with E-state index in [2.05, 4.69) is 10.3 Å². The van der Waals surface area contributed by atoms with Gasteiger partial charge in [0.2, 0.25) is 5.88 Å². The highest BCUT2D eigenvalue weighted by molar-refractivity contribution is 6.30. The molecule has 0 atom stereocenters. The summed E-state index contributed by atoms with van der Waals surface area (Å²) in [6, 6.07) is 9.60. The third kappa shape index (κ3) is 4.10. The molecule has 0 saturated heterocycles. The Morgan fingerprint density at radius 3 is 2.60 bits per heavy atom. The average molecular weight is 295 g/mol. The Balaban J connectivity index is 2.17. The molecule has 0 radical (unpaired) electrons. The quantitative estimate of drug-likeness (QED) is 0.876. The zero-order valence-electron chi connectivity index (χ0n) is 11.6. The molecule has 5 heteroatoms. The van der Waals surface area contributed by atoms with Gasteiger partial charge in [-0.3, -0.25) is 0 Å². The van der Waals surface area contributed by atoms with Crippen molar-refractivity contribution >= 4 is 17.4 Å². The van der Waals surface area contributed by atoms with E-state index in [4.69, 9.17) is 16.3 Å². The lowest BCUT2D eigenvalue weighted by atomic mass is 10.1. The van der Waals surface area contributed by atoms with E-state index >= 15 is 0 Å². The monoisotopic (exact) mass is 294 g/mol. The van der Waals surface area contributed by atoms with Crippen LogP contribution in [0.5, 0.6) is 11.6 Å². The fourth-order valence-electron chi connectivity index (χ4n) is 1.59. The van der Waals surface area contributed by atoms with E-state index in [1.54, 1.807) is 6.07 Å². The number of hydrogen-bond acceptors (Lipinski definition) is 3. The van der Waals surface area contributed by atoms with Crippen LogP contribution in [0.2, 0.25) is 5.02 Å². The van der Waals surface area contributed by atoms with Crippen molar-refractivity contribution in [3.8, 4) is 11.6 Å². The molecule has 2 rings (SSSR count). The molecule has 0 saturated carbocycles. The number of pyridine rings is 1. The summed E-state index contributed by atoms with van der Waals surface area (Å²) in [5, 5.41) is 3.27. The molecule has 106 valence electrons. The Bertz CT molecular complexity index is 611. The molecule has 0 spiro atoms. The van der Waals surface area contributed by atoms with Gasteiger partial charge in [-0.25, -0.2) is 4.39 Å². The number of anilines is 1. The van der Waals surface area contributed by atoms with Crippen LogP contribution in [0, 0.1) is 5.82 Å². The second-order valence-electron chi connectivity index (χ2n) is 5.41. The summed E-state index contributed by atoms with van der Waals surface area (Å²) in [6.07, 6.45) is 0. The number of aromatic nitrogens is 1. The fraction of sp³-hybridized carbons (Fsp3) is 0.267. The number of hydrogen-bond donors (Lipinski definition) is 1. The second kappa shape index (κ2) is 5.67. The fourth-order valence-corrected chi connectivity index (χ4v) is 1.76. The van der Waals surface area contributed by atoms with Crippen LogP contribution in [0.15, 0.2) is 36.4 Å². The normalized spacial score (nSPS) is 11.2. The van der Waals surface area contributed by atoms with Crippen LogP contribution in [0.3, 0.4) is 0 Å². The summed E-state index contributed by atoms with van der Waals surface area (Å²) in [5.74, 6) is 1.09. The molecule has 1 aromatic heterocycles. The smallest absolute Gasteiger partial charge is 0.221 e. The van der Waals surface area contributed by atoms with Gasteiger partial charge >= 0.3 is 0 Å². The average Bonchev–Trinajstić information content (AvgIpc) is 2.32. The molecule has 1 aromatic carbocycles. The van der Waals surface area contributed by atoms with E-state index in [-0.39, 0.29) is 10.6 Å². The number of nitrogens with one attached hydrogen (secondary N) is 1. The summed E-state index contributed by atoms with van der Waals surface area (Å²) in [5.41, 5.74) is -0.0925. The van der Waals surface area contributed by atoms with Gasteiger partial charge in [0.1, 0.15) is 17.4 Å². The molecule has 20 heavy (non-hydrogen) atoms. The van der Waals surface area contributed by atoms with Crippen molar-refractivity contribution in [1.82, 2.24) is 4.98 Å². The maximum absolute atomic E-state index is 13.1. The third-order valence-electron chi connectivity index (χ3n) is 2.34. The molecule has 0 aliphatic heterocycles. The van der Waals surface area contributed by atoms with Gasteiger partial charge in [-0.05, 0) is 39.0 Å². The zero-order valence-corrected chi connectivity index (χ0v) is 12.3. The van der Waals surface area contributed by atoms with E-state index in [1.807, 2.05) is 32.9 Å². The molecule has 0 aliphatic rings. The van der Waals surface area contributed by atoms with Crippen molar-refractivity contribution < 1.29 is 9.13 Å². The summed E-state index contributed by atoms with van der Waals surface area (Å²) >= 11 is 5.71. The number of ether oxygens (including phenoxy) is 1. The van der Waals surface area contributed by atoms with Gasteiger partial charge in [0.05, 0.1) is 5.02 Å². The first-order valence-corrected chi connectivity index (χ1v) is 6.59. The summed E-state index contributed by atoms with van der Waals surface area (Å²) in [4.78, 5) is 4.34. The number of benzene rings is 1. The topological polar surface area (TPSA) is 34.1 Å². The van der Waals surface area contributed by atoms with Crippen LogP contribution in [0.25, 0.3) is 0 Å². The Kier molecular flexibility index (Phi) is 4.14. The maximum Gasteiger partial charge on any atom is 0.221 e. The molecular formula is C15H16ClFN2O. The third-order valence-corrected chi connectivity index (χ3v) is 2.63. The molecule has 0 aliphatic carbocycles. The first-order valence-electron chi connectivity index (χ1n) is 6.22. The first-order chi connectivity index (χ1) is 9.33. The van der Waals surface area contributed by atoms with Gasteiger partial charge in [0.15, 0.2) is 0 Å². The Labute approximate surface area is 122 Å². The van der Waals surface area contributed by atoms with Crippen molar-refractivity contribution in [2.24, 2.45) is 0 Å². The van der Waals surface area contributed by atoms with Gasteiger partial charge in [0, 0.05) is 17.7 Å². The minimum absolute atomic E-state index is 0.0199. The Morgan fingerprint density at radius 2 is 1.95 bits per heavy atom. The Morgan fingerprint density at radius 1 is 1.20 bits per heavy atom. The molecule has 1 N–H and O–H groups in total. The molecule has 3 nitrogen and oxygen atoms in total. The number of halogens is 2. The SMILES string of the molecule is CC(C)(C)Nc1cccc(Oc2ccc(F)c(Cl)c2)n1. The second-order valence-corrected chi connectivity index (χ2v) is 5.82. The van der Waals surface area contributed by atoms with Gasteiger partial charge in [-0.2, -0.15) is 4.98 Å². The molecular weight excluding hydrogens is 279 g/mol. The lowest BCUT2D eigenvalue weighted by Crippen LogP contribution is -2.26. The van der Waals surface area contributed by atoms with Crippen molar-refractivity contribution in [1.29, 1.82) is 0 Å². The highest BCUT2D eigenvalue weighted by atomic mass is 35.5. The molecule has 0 bridgehead atoms. The van der Waals surface area contributed by atoms with E-state index < -0.39 is 5.82 Å². The highest BCUT2D eigenvalue weighted by Crippen LogP contribution is 2.26. The summed E-state index contributed by atoms with van der Waals surface area (Å²) in [6.45, 7) is 6.13. The standard InChI is InChI=1S/C15H16ClFN2O/c1-15(2,3)19-13-5-4-6-14(18-13)20-10-7-8-12(17)11(16)9-10/h4-9H,1-3H3,(H,18,19). The first kappa shape index (κ1) is 14.6. The van der Waals surface area contributed by atoms with E-state index in [0.29, 0.717) is 17.4 Å². The van der Waals surface area contributed by atoms with Gasteiger partial charge in [-0.15, -0.1) is 0 Å². The van der Waals surface area contributed by atoms with Gasteiger partial charge in [-0.1, -0.05) is 17.7 Å². The molecule has 1 heterocycles. The van der Waals surface area contributed by atoms with E-state index in [9.17, 15) is 4.39 Å². The lowest BCUT2D eigenvalue weighted by Gasteiger charge is -2.21. The van der Waals surface area contributed by atoms with Crippen molar-refractivity contribution in [2.75, 3.05) is 5.32 Å². The predicted molar refractivity (Wildman–Crippen MR) is 79.1 cm³/mol. The minimum Gasteiger partial charge on any atom is -0.439 e. The summed E-state index contributed by atoms with van der Waals surface area (Å²) in [7, 11) is 0. The lowest BCUT2D eigenvalue weighted by molar-refractivity contribution is 0.461. The van der Waals surface area contributed by atoms with Crippen LogP contribution in [0.4, 0.5) is 10.2 Å². The molecule has 0 fully saturated rings. The van der Waals surface area contributed by atoms with E-state index in [1.165, 1.54) is 18.2 Å². The van der Waals surface area contributed by atoms with Gasteiger partial charge in [0.25, 0.3) is 0 Å². The van der Waals surface area contributed by atoms with Gasteiger partial charge < -0.3 is 10.1 Å². The minimum atomic E-state index is -0.477. The highest BCUT2D eigenvalue weighted by Gasteiger charge is 2.11.